The second kappa shape index (κ2) is 6.42. The fraction of sp³-hybridized carbons (Fsp3) is 0.250. The van der Waals surface area contributed by atoms with Crippen LogP contribution in [0.2, 0.25) is 10.0 Å². The molecule has 2 aromatic carbocycles. The molecule has 0 aliphatic rings. The molecule has 0 fully saturated rings. The van der Waals surface area contributed by atoms with Gasteiger partial charge in [-0.15, -0.1) is 0 Å². The van der Waals surface area contributed by atoms with Gasteiger partial charge in [-0.2, -0.15) is 0 Å². The summed E-state index contributed by atoms with van der Waals surface area (Å²) in [5.41, 5.74) is 3.64. The molecule has 0 spiro atoms. The molecule has 1 atom stereocenters. The Labute approximate surface area is 124 Å². The minimum atomic E-state index is 0.187. The Kier molecular flexibility index (Phi) is 4.87. The van der Waals surface area contributed by atoms with E-state index in [0.717, 1.165) is 12.0 Å². The molecule has 3 heteroatoms. The van der Waals surface area contributed by atoms with Gasteiger partial charge in [-0.25, -0.2) is 0 Å². The number of likely N-dealkylation sites (N-methyl/N-ethyl adjacent to an activating group) is 1. The summed E-state index contributed by atoms with van der Waals surface area (Å²) in [5, 5.41) is 4.69. The van der Waals surface area contributed by atoms with Gasteiger partial charge in [0.1, 0.15) is 0 Å². The lowest BCUT2D eigenvalue weighted by atomic mass is 9.98. The average Bonchev–Trinajstić information content (AvgIpc) is 2.39. The minimum absolute atomic E-state index is 0.187. The zero-order valence-electron chi connectivity index (χ0n) is 11.1. The molecule has 0 amide bonds. The summed E-state index contributed by atoms with van der Waals surface area (Å²) in [5.74, 6) is 0. The van der Waals surface area contributed by atoms with E-state index in [0.29, 0.717) is 10.0 Å². The van der Waals surface area contributed by atoms with Gasteiger partial charge in [-0.1, -0.05) is 59.1 Å². The first-order valence-electron chi connectivity index (χ1n) is 6.28. The molecule has 2 aromatic rings. The molecule has 2 rings (SSSR count). The van der Waals surface area contributed by atoms with Gasteiger partial charge >= 0.3 is 0 Å². The number of aryl methyl sites for hydroxylation is 1. The zero-order chi connectivity index (χ0) is 13.8. The van der Waals surface area contributed by atoms with Crippen LogP contribution in [0.25, 0.3) is 0 Å². The summed E-state index contributed by atoms with van der Waals surface area (Å²) >= 11 is 12.2. The maximum absolute atomic E-state index is 6.27. The van der Waals surface area contributed by atoms with Crippen LogP contribution in [0.1, 0.15) is 22.7 Å². The first-order chi connectivity index (χ1) is 9.10. The number of benzene rings is 2. The quantitative estimate of drug-likeness (QED) is 0.853. The second-order valence-electron chi connectivity index (χ2n) is 4.70. The molecule has 100 valence electrons. The standard InChI is InChI=1S/C16H17Cl2N/c1-11-3-5-12(6-4-11)9-16(19-2)14-8-7-13(17)10-15(14)18/h3-8,10,16,19H,9H2,1-2H3. The Balaban J connectivity index is 2.22. The first-order valence-corrected chi connectivity index (χ1v) is 7.03. The van der Waals surface area contributed by atoms with Crippen molar-refractivity contribution in [1.82, 2.24) is 5.32 Å². The predicted molar refractivity (Wildman–Crippen MR) is 83.1 cm³/mol. The topological polar surface area (TPSA) is 12.0 Å². The van der Waals surface area contributed by atoms with E-state index in [1.807, 2.05) is 19.2 Å². The van der Waals surface area contributed by atoms with Crippen molar-refractivity contribution in [3.05, 3.63) is 69.2 Å². The minimum Gasteiger partial charge on any atom is -0.313 e. The zero-order valence-corrected chi connectivity index (χ0v) is 12.6. The van der Waals surface area contributed by atoms with Gasteiger partial charge in [0.05, 0.1) is 0 Å². The normalized spacial score (nSPS) is 12.4. The van der Waals surface area contributed by atoms with E-state index < -0.39 is 0 Å². The first kappa shape index (κ1) is 14.4. The molecular weight excluding hydrogens is 277 g/mol. The van der Waals surface area contributed by atoms with Crippen LogP contribution in [-0.4, -0.2) is 7.05 Å². The van der Waals surface area contributed by atoms with E-state index in [9.17, 15) is 0 Å². The van der Waals surface area contributed by atoms with Crippen molar-refractivity contribution in [2.75, 3.05) is 7.05 Å². The van der Waals surface area contributed by atoms with Crippen molar-refractivity contribution >= 4 is 23.2 Å². The van der Waals surface area contributed by atoms with Gasteiger partial charge in [0.2, 0.25) is 0 Å². The number of nitrogens with one attached hydrogen (secondary N) is 1. The van der Waals surface area contributed by atoms with Crippen molar-refractivity contribution in [2.45, 2.75) is 19.4 Å². The molecule has 0 radical (unpaired) electrons. The Morgan fingerprint density at radius 3 is 2.32 bits per heavy atom. The molecule has 0 aliphatic carbocycles. The van der Waals surface area contributed by atoms with Gasteiger partial charge in [0, 0.05) is 16.1 Å². The third-order valence-corrected chi connectivity index (χ3v) is 3.81. The van der Waals surface area contributed by atoms with E-state index in [4.69, 9.17) is 23.2 Å². The summed E-state index contributed by atoms with van der Waals surface area (Å²) in [6, 6.07) is 14.4. The summed E-state index contributed by atoms with van der Waals surface area (Å²) in [7, 11) is 1.95. The van der Waals surface area contributed by atoms with E-state index in [1.54, 1.807) is 6.07 Å². The fourth-order valence-corrected chi connectivity index (χ4v) is 2.65. The highest BCUT2D eigenvalue weighted by Gasteiger charge is 2.13. The lowest BCUT2D eigenvalue weighted by molar-refractivity contribution is 0.592. The Hall–Kier alpha value is -1.02. The fourth-order valence-electron chi connectivity index (χ4n) is 2.11. The van der Waals surface area contributed by atoms with E-state index in [-0.39, 0.29) is 6.04 Å². The van der Waals surface area contributed by atoms with Crippen molar-refractivity contribution in [3.63, 3.8) is 0 Å². The third-order valence-electron chi connectivity index (χ3n) is 3.25. The molecule has 0 aromatic heterocycles. The molecule has 0 heterocycles. The second-order valence-corrected chi connectivity index (χ2v) is 5.54. The van der Waals surface area contributed by atoms with Crippen LogP contribution < -0.4 is 5.32 Å². The number of rotatable bonds is 4. The molecule has 1 nitrogen and oxygen atoms in total. The van der Waals surface area contributed by atoms with Crippen LogP contribution in [0.4, 0.5) is 0 Å². The van der Waals surface area contributed by atoms with Crippen LogP contribution in [0.5, 0.6) is 0 Å². The molecule has 0 saturated heterocycles. The Morgan fingerprint density at radius 1 is 1.05 bits per heavy atom. The molecule has 19 heavy (non-hydrogen) atoms. The van der Waals surface area contributed by atoms with Crippen LogP contribution in [0.3, 0.4) is 0 Å². The summed E-state index contributed by atoms with van der Waals surface area (Å²) in [6.07, 6.45) is 0.901. The SMILES string of the molecule is CNC(Cc1ccc(C)cc1)c1ccc(Cl)cc1Cl. The lowest BCUT2D eigenvalue weighted by Gasteiger charge is -2.18. The number of halogens is 2. The monoisotopic (exact) mass is 293 g/mol. The molecule has 0 bridgehead atoms. The summed E-state index contributed by atoms with van der Waals surface area (Å²) in [4.78, 5) is 0. The largest absolute Gasteiger partial charge is 0.313 e. The lowest BCUT2D eigenvalue weighted by Crippen LogP contribution is -2.19. The highest BCUT2D eigenvalue weighted by molar-refractivity contribution is 6.35. The highest BCUT2D eigenvalue weighted by atomic mass is 35.5. The maximum Gasteiger partial charge on any atom is 0.0468 e. The molecule has 1 unspecified atom stereocenters. The van der Waals surface area contributed by atoms with Crippen LogP contribution >= 0.6 is 23.2 Å². The molecule has 1 N–H and O–H groups in total. The van der Waals surface area contributed by atoms with Crippen molar-refractivity contribution in [1.29, 1.82) is 0 Å². The van der Waals surface area contributed by atoms with Gasteiger partial charge in [0.25, 0.3) is 0 Å². The summed E-state index contributed by atoms with van der Waals surface area (Å²) < 4.78 is 0. The Morgan fingerprint density at radius 2 is 1.74 bits per heavy atom. The molecule has 0 saturated carbocycles. The van der Waals surface area contributed by atoms with Crippen LogP contribution in [0, 0.1) is 6.92 Å². The molecule has 0 aliphatic heterocycles. The van der Waals surface area contributed by atoms with Gasteiger partial charge in [0.15, 0.2) is 0 Å². The van der Waals surface area contributed by atoms with E-state index in [2.05, 4.69) is 36.5 Å². The highest BCUT2D eigenvalue weighted by Crippen LogP contribution is 2.28. The third kappa shape index (κ3) is 3.73. The predicted octanol–water partition coefficient (Wildman–Crippen LogP) is 4.81. The van der Waals surface area contributed by atoms with Gasteiger partial charge in [-0.3, -0.25) is 0 Å². The van der Waals surface area contributed by atoms with Gasteiger partial charge in [-0.05, 0) is 43.7 Å². The number of hydrogen-bond donors (Lipinski definition) is 1. The van der Waals surface area contributed by atoms with Crippen LogP contribution in [-0.2, 0) is 6.42 Å². The average molecular weight is 294 g/mol. The van der Waals surface area contributed by atoms with Crippen molar-refractivity contribution in [2.24, 2.45) is 0 Å². The van der Waals surface area contributed by atoms with Crippen molar-refractivity contribution < 1.29 is 0 Å². The summed E-state index contributed by atoms with van der Waals surface area (Å²) in [6.45, 7) is 2.09. The molecular formula is C16H17Cl2N. The number of hydrogen-bond acceptors (Lipinski definition) is 1. The van der Waals surface area contributed by atoms with E-state index in [1.165, 1.54) is 11.1 Å². The van der Waals surface area contributed by atoms with Crippen molar-refractivity contribution in [3.8, 4) is 0 Å². The maximum atomic E-state index is 6.27. The van der Waals surface area contributed by atoms with E-state index >= 15 is 0 Å². The Bertz CT molecular complexity index is 549. The van der Waals surface area contributed by atoms with Gasteiger partial charge < -0.3 is 5.32 Å². The van der Waals surface area contributed by atoms with Crippen LogP contribution in [0.15, 0.2) is 42.5 Å². The smallest absolute Gasteiger partial charge is 0.0468 e.